The summed E-state index contributed by atoms with van der Waals surface area (Å²) in [7, 11) is 0. The van der Waals surface area contributed by atoms with Crippen molar-refractivity contribution in [3.63, 3.8) is 0 Å². The molecular formula is C9H8N2. The van der Waals surface area contributed by atoms with Crippen molar-refractivity contribution in [3.8, 4) is 0 Å². The minimum absolute atomic E-state index is 0.246. The second-order valence-corrected chi connectivity index (χ2v) is 2.44. The van der Waals surface area contributed by atoms with Gasteiger partial charge in [-0.1, -0.05) is 24.3 Å². The molecule has 2 aromatic rings. The largest absolute Gasteiger partial charge is 0.158 e. The third-order valence-corrected chi connectivity index (χ3v) is 1.69. The van der Waals surface area contributed by atoms with E-state index < -0.39 is 0 Å². The molecule has 1 heterocycles. The number of hydrogen-bond acceptors (Lipinski definition) is 2. The van der Waals surface area contributed by atoms with Crippen molar-refractivity contribution in [2.24, 2.45) is 0 Å². The second-order valence-electron chi connectivity index (χ2n) is 2.44. The molecule has 0 aliphatic rings. The number of nitrogens with zero attached hydrogens (tertiary/aromatic N) is 2. The van der Waals surface area contributed by atoms with Crippen LogP contribution in [0.4, 0.5) is 0 Å². The molecule has 1 aromatic carbocycles. The van der Waals surface area contributed by atoms with Gasteiger partial charge in [0, 0.05) is 10.8 Å². The quantitative estimate of drug-likeness (QED) is 0.566. The molecule has 2 rings (SSSR count). The van der Waals surface area contributed by atoms with Crippen molar-refractivity contribution in [1.82, 2.24) is 10.2 Å². The summed E-state index contributed by atoms with van der Waals surface area (Å²) in [6.45, 7) is 1.90. The number of rotatable bonds is 0. The van der Waals surface area contributed by atoms with Gasteiger partial charge in [0.05, 0.1) is 13.2 Å². The van der Waals surface area contributed by atoms with Crippen molar-refractivity contribution >= 4 is 10.8 Å². The Kier molecular flexibility index (Phi) is 1.10. The Morgan fingerprint density at radius 3 is 3.00 bits per heavy atom. The zero-order valence-corrected chi connectivity index (χ0v) is 6.20. The average molecular weight is 145 g/mol. The maximum Gasteiger partial charge on any atom is 0.0867 e. The van der Waals surface area contributed by atoms with E-state index in [0.29, 0.717) is 0 Å². The van der Waals surface area contributed by atoms with Crippen LogP contribution < -0.4 is 0 Å². The Labute approximate surface area is 66.3 Å². The fourth-order valence-corrected chi connectivity index (χ4v) is 1.10. The Balaban J connectivity index is 2.95. The van der Waals surface area contributed by atoms with Gasteiger partial charge in [-0.05, 0) is 6.92 Å². The topological polar surface area (TPSA) is 25.8 Å². The van der Waals surface area contributed by atoms with E-state index in [1.165, 1.54) is 0 Å². The molecule has 0 atom stereocenters. The minimum Gasteiger partial charge on any atom is -0.158 e. The highest BCUT2D eigenvalue weighted by molar-refractivity contribution is 5.83. The van der Waals surface area contributed by atoms with Crippen LogP contribution in [0.25, 0.3) is 10.8 Å². The highest BCUT2D eigenvalue weighted by atomic mass is 15.1. The number of benzene rings is 1. The van der Waals surface area contributed by atoms with E-state index in [-0.39, 0.29) is 6.17 Å². The lowest BCUT2D eigenvalue weighted by Crippen LogP contribution is -1.86. The summed E-state index contributed by atoms with van der Waals surface area (Å²) in [4.78, 5) is 0. The van der Waals surface area contributed by atoms with Gasteiger partial charge in [0.1, 0.15) is 0 Å². The predicted molar refractivity (Wildman–Crippen MR) is 44.3 cm³/mol. The van der Waals surface area contributed by atoms with Gasteiger partial charge in [0.25, 0.3) is 0 Å². The lowest BCUT2D eigenvalue weighted by Gasteiger charge is -1.96. The highest BCUT2D eigenvalue weighted by Crippen LogP contribution is 2.13. The smallest absolute Gasteiger partial charge is 0.0867 e. The molecule has 0 aliphatic heterocycles. The average Bonchev–Trinajstić information content (AvgIpc) is 2.12. The third-order valence-electron chi connectivity index (χ3n) is 1.69. The van der Waals surface area contributed by atoms with Crippen LogP contribution in [0.3, 0.4) is 0 Å². The molecule has 11 heavy (non-hydrogen) atoms. The van der Waals surface area contributed by atoms with Gasteiger partial charge in [0.2, 0.25) is 0 Å². The second kappa shape index (κ2) is 2.31. The van der Waals surface area contributed by atoms with Crippen LogP contribution >= 0.6 is 0 Å². The van der Waals surface area contributed by atoms with Crippen LogP contribution in [-0.2, 0) is 0 Å². The van der Waals surface area contributed by atoms with E-state index in [9.17, 15) is 0 Å². The fraction of sp³-hybridized carbons (Fsp3) is 0.111. The summed E-state index contributed by atoms with van der Waals surface area (Å²) in [5, 5.41) is 9.47. The molecule has 2 nitrogen and oxygen atoms in total. The van der Waals surface area contributed by atoms with Crippen LogP contribution in [0.15, 0.2) is 30.4 Å². The van der Waals surface area contributed by atoms with Gasteiger partial charge in [-0.3, -0.25) is 0 Å². The Hall–Kier alpha value is -1.44. The summed E-state index contributed by atoms with van der Waals surface area (Å²) in [6, 6.07) is 7.69. The van der Waals surface area contributed by atoms with Gasteiger partial charge in [-0.25, -0.2) is 0 Å². The SMILES string of the molecule is [2H]c1nnc(C)c2ccccc12. The van der Waals surface area contributed by atoms with Crippen LogP contribution in [0, 0.1) is 6.92 Å². The van der Waals surface area contributed by atoms with E-state index in [4.69, 9.17) is 1.37 Å². The number of aromatic nitrogens is 2. The predicted octanol–water partition coefficient (Wildman–Crippen LogP) is 1.94. The third kappa shape index (κ3) is 0.963. The molecule has 0 N–H and O–H groups in total. The fourth-order valence-electron chi connectivity index (χ4n) is 1.10. The Bertz CT molecular complexity index is 385. The van der Waals surface area contributed by atoms with Gasteiger partial charge >= 0.3 is 0 Å². The molecule has 0 radical (unpaired) electrons. The van der Waals surface area contributed by atoms with Gasteiger partial charge < -0.3 is 0 Å². The molecule has 0 fully saturated rings. The van der Waals surface area contributed by atoms with Crippen LogP contribution in [0.1, 0.15) is 7.06 Å². The van der Waals surface area contributed by atoms with Crippen molar-refractivity contribution < 1.29 is 1.37 Å². The first-order valence-corrected chi connectivity index (χ1v) is 3.47. The maximum atomic E-state index is 7.49. The standard InChI is InChI=1S/C9H8N2/c1-7-9-5-3-2-4-8(9)6-10-11-7/h2-6H,1H3/i6D. The molecule has 0 spiro atoms. The monoisotopic (exact) mass is 145 g/mol. The Morgan fingerprint density at radius 1 is 1.36 bits per heavy atom. The van der Waals surface area contributed by atoms with E-state index in [1.54, 1.807) is 0 Å². The molecular weight excluding hydrogens is 136 g/mol. The molecule has 0 unspecified atom stereocenters. The van der Waals surface area contributed by atoms with Crippen molar-refractivity contribution in [2.75, 3.05) is 0 Å². The summed E-state index contributed by atoms with van der Waals surface area (Å²) >= 11 is 0. The molecule has 0 aliphatic carbocycles. The Morgan fingerprint density at radius 2 is 2.18 bits per heavy atom. The van der Waals surface area contributed by atoms with E-state index in [1.807, 2.05) is 31.2 Å². The lowest BCUT2D eigenvalue weighted by atomic mass is 10.1. The zero-order valence-electron chi connectivity index (χ0n) is 7.20. The lowest BCUT2D eigenvalue weighted by molar-refractivity contribution is 1.00. The molecule has 0 bridgehead atoms. The first-order valence-electron chi connectivity index (χ1n) is 3.97. The van der Waals surface area contributed by atoms with Gasteiger partial charge in [-0.2, -0.15) is 10.2 Å². The van der Waals surface area contributed by atoms with Crippen molar-refractivity contribution in [3.05, 3.63) is 36.1 Å². The normalized spacial score (nSPS) is 11.5. The van der Waals surface area contributed by atoms with E-state index in [2.05, 4.69) is 10.2 Å². The van der Waals surface area contributed by atoms with Crippen LogP contribution in [0.2, 0.25) is 0 Å². The molecule has 1 aromatic heterocycles. The van der Waals surface area contributed by atoms with Gasteiger partial charge in [0.15, 0.2) is 0 Å². The van der Waals surface area contributed by atoms with Crippen LogP contribution in [-0.4, -0.2) is 10.2 Å². The number of hydrogen-bond donors (Lipinski definition) is 0. The number of fused-ring (bicyclic) bond motifs is 1. The summed E-state index contributed by atoms with van der Waals surface area (Å²) < 4.78 is 7.49. The number of aryl methyl sites for hydroxylation is 1. The van der Waals surface area contributed by atoms with Gasteiger partial charge in [-0.15, -0.1) is 0 Å². The van der Waals surface area contributed by atoms with Crippen molar-refractivity contribution in [2.45, 2.75) is 6.92 Å². The van der Waals surface area contributed by atoms with E-state index in [0.717, 1.165) is 16.5 Å². The molecule has 0 saturated heterocycles. The molecule has 54 valence electrons. The highest BCUT2D eigenvalue weighted by Gasteiger charge is 1.94. The first kappa shape index (κ1) is 5.24. The first-order chi connectivity index (χ1) is 5.79. The maximum absolute atomic E-state index is 7.49. The molecule has 0 amide bonds. The molecule has 0 saturated carbocycles. The zero-order chi connectivity index (χ0) is 8.55. The molecule has 2 heteroatoms. The van der Waals surface area contributed by atoms with Crippen molar-refractivity contribution in [1.29, 1.82) is 0 Å². The minimum atomic E-state index is 0.246. The van der Waals surface area contributed by atoms with E-state index >= 15 is 0 Å². The van der Waals surface area contributed by atoms with Crippen LogP contribution in [0.5, 0.6) is 0 Å². The summed E-state index contributed by atoms with van der Waals surface area (Å²) in [5.74, 6) is 0. The summed E-state index contributed by atoms with van der Waals surface area (Å²) in [5.41, 5.74) is 0.876. The summed E-state index contributed by atoms with van der Waals surface area (Å²) in [6.07, 6.45) is 0.246.